The SMILES string of the molecule is OCc1cn(Cc2ccn(-c3ccccc3)n2)cn1. The number of aromatic nitrogens is 4. The van der Waals surface area contributed by atoms with E-state index >= 15 is 0 Å². The lowest BCUT2D eigenvalue weighted by molar-refractivity contribution is 0.277. The summed E-state index contributed by atoms with van der Waals surface area (Å²) in [6, 6.07) is 12.0. The quantitative estimate of drug-likeness (QED) is 0.769. The minimum atomic E-state index is -0.0363. The van der Waals surface area contributed by atoms with Crippen LogP contribution in [0.25, 0.3) is 5.69 Å². The normalized spacial score (nSPS) is 10.8. The first-order chi connectivity index (χ1) is 9.35. The van der Waals surface area contributed by atoms with Gasteiger partial charge in [-0.15, -0.1) is 0 Å². The number of para-hydroxylation sites is 1. The van der Waals surface area contributed by atoms with Crippen molar-refractivity contribution in [2.24, 2.45) is 0 Å². The highest BCUT2D eigenvalue weighted by Crippen LogP contribution is 2.08. The van der Waals surface area contributed by atoms with Gasteiger partial charge in [-0.1, -0.05) is 18.2 Å². The Bertz CT molecular complexity index is 657. The molecule has 1 aromatic carbocycles. The number of hydrogen-bond donors (Lipinski definition) is 1. The first-order valence-electron chi connectivity index (χ1n) is 6.06. The van der Waals surface area contributed by atoms with Crippen LogP contribution in [0.3, 0.4) is 0 Å². The number of rotatable bonds is 4. The first kappa shape index (κ1) is 11.7. The van der Waals surface area contributed by atoms with Crippen LogP contribution >= 0.6 is 0 Å². The van der Waals surface area contributed by atoms with Crippen molar-refractivity contribution in [3.8, 4) is 5.69 Å². The topological polar surface area (TPSA) is 55.9 Å². The molecule has 0 unspecified atom stereocenters. The Kier molecular flexibility index (Phi) is 3.12. The Labute approximate surface area is 110 Å². The van der Waals surface area contributed by atoms with Crippen molar-refractivity contribution in [3.63, 3.8) is 0 Å². The third kappa shape index (κ3) is 2.56. The van der Waals surface area contributed by atoms with Gasteiger partial charge in [0.2, 0.25) is 0 Å². The monoisotopic (exact) mass is 254 g/mol. The number of imidazole rings is 1. The minimum absolute atomic E-state index is 0.0363. The van der Waals surface area contributed by atoms with Gasteiger partial charge in [-0.05, 0) is 18.2 Å². The molecule has 5 nitrogen and oxygen atoms in total. The lowest BCUT2D eigenvalue weighted by Gasteiger charge is -2.00. The Hall–Kier alpha value is -2.40. The van der Waals surface area contributed by atoms with Crippen molar-refractivity contribution in [1.29, 1.82) is 0 Å². The van der Waals surface area contributed by atoms with E-state index in [-0.39, 0.29) is 6.61 Å². The fraction of sp³-hybridized carbons (Fsp3) is 0.143. The fourth-order valence-corrected chi connectivity index (χ4v) is 1.93. The average Bonchev–Trinajstić information content (AvgIpc) is 3.09. The van der Waals surface area contributed by atoms with Gasteiger partial charge in [-0.3, -0.25) is 0 Å². The molecule has 0 saturated heterocycles. The molecule has 0 bridgehead atoms. The van der Waals surface area contributed by atoms with E-state index in [0.29, 0.717) is 12.2 Å². The lowest BCUT2D eigenvalue weighted by atomic mass is 10.3. The number of nitrogens with zero attached hydrogens (tertiary/aromatic N) is 4. The molecule has 19 heavy (non-hydrogen) atoms. The number of hydrogen-bond acceptors (Lipinski definition) is 3. The van der Waals surface area contributed by atoms with E-state index in [9.17, 15) is 0 Å². The van der Waals surface area contributed by atoms with Crippen molar-refractivity contribution >= 4 is 0 Å². The summed E-state index contributed by atoms with van der Waals surface area (Å²) in [6.07, 6.45) is 5.46. The molecule has 5 heteroatoms. The van der Waals surface area contributed by atoms with E-state index in [2.05, 4.69) is 10.1 Å². The van der Waals surface area contributed by atoms with Crippen molar-refractivity contribution in [1.82, 2.24) is 19.3 Å². The zero-order valence-electron chi connectivity index (χ0n) is 10.3. The molecule has 0 amide bonds. The van der Waals surface area contributed by atoms with E-state index in [4.69, 9.17) is 5.11 Å². The standard InChI is InChI=1S/C14H14N4O/c19-10-13-9-17(11-15-13)8-12-6-7-18(16-12)14-4-2-1-3-5-14/h1-7,9,11,19H,8,10H2. The summed E-state index contributed by atoms with van der Waals surface area (Å²) in [5, 5.41) is 13.5. The van der Waals surface area contributed by atoms with Crippen LogP contribution in [-0.2, 0) is 13.2 Å². The van der Waals surface area contributed by atoms with E-state index in [1.54, 1.807) is 6.33 Å². The van der Waals surface area contributed by atoms with Crippen LogP contribution in [0.15, 0.2) is 55.1 Å². The molecule has 0 radical (unpaired) electrons. The van der Waals surface area contributed by atoms with Crippen LogP contribution in [0.2, 0.25) is 0 Å². The van der Waals surface area contributed by atoms with Crippen LogP contribution in [-0.4, -0.2) is 24.4 Å². The summed E-state index contributed by atoms with van der Waals surface area (Å²) < 4.78 is 3.75. The third-order valence-corrected chi connectivity index (χ3v) is 2.86. The predicted octanol–water partition coefficient (Wildman–Crippen LogP) is 1.61. The van der Waals surface area contributed by atoms with Crippen LogP contribution in [0.4, 0.5) is 0 Å². The molecule has 1 N–H and O–H groups in total. The lowest BCUT2D eigenvalue weighted by Crippen LogP contribution is -2.00. The second kappa shape index (κ2) is 5.07. The summed E-state index contributed by atoms with van der Waals surface area (Å²) in [7, 11) is 0. The molecule has 3 rings (SSSR count). The fourth-order valence-electron chi connectivity index (χ4n) is 1.93. The minimum Gasteiger partial charge on any atom is -0.390 e. The average molecular weight is 254 g/mol. The highest BCUT2D eigenvalue weighted by atomic mass is 16.3. The van der Waals surface area contributed by atoms with E-state index in [1.807, 2.05) is 58.0 Å². The third-order valence-electron chi connectivity index (χ3n) is 2.86. The Balaban J connectivity index is 1.78. The smallest absolute Gasteiger partial charge is 0.0954 e. The van der Waals surface area contributed by atoms with E-state index in [0.717, 1.165) is 11.4 Å². The Morgan fingerprint density at radius 2 is 1.89 bits per heavy atom. The molecular formula is C14H14N4O. The molecular weight excluding hydrogens is 240 g/mol. The van der Waals surface area contributed by atoms with Gasteiger partial charge in [-0.2, -0.15) is 5.10 Å². The summed E-state index contributed by atoms with van der Waals surface area (Å²) >= 11 is 0. The molecule has 0 spiro atoms. The molecule has 96 valence electrons. The number of aliphatic hydroxyl groups is 1. The van der Waals surface area contributed by atoms with Crippen LogP contribution in [0.5, 0.6) is 0 Å². The summed E-state index contributed by atoms with van der Waals surface area (Å²) in [6.45, 7) is 0.609. The van der Waals surface area contributed by atoms with Gasteiger partial charge >= 0.3 is 0 Å². The maximum Gasteiger partial charge on any atom is 0.0954 e. The molecule has 3 aromatic rings. The van der Waals surface area contributed by atoms with E-state index in [1.165, 1.54) is 0 Å². The van der Waals surface area contributed by atoms with Crippen molar-refractivity contribution < 1.29 is 5.11 Å². The molecule has 2 aromatic heterocycles. The Morgan fingerprint density at radius 3 is 2.63 bits per heavy atom. The first-order valence-corrected chi connectivity index (χ1v) is 6.06. The number of aliphatic hydroxyl groups excluding tert-OH is 1. The van der Waals surface area contributed by atoms with Crippen LogP contribution in [0.1, 0.15) is 11.4 Å². The summed E-state index contributed by atoms with van der Waals surface area (Å²) in [5.41, 5.74) is 2.66. The van der Waals surface area contributed by atoms with Gasteiger partial charge in [0.15, 0.2) is 0 Å². The van der Waals surface area contributed by atoms with Gasteiger partial charge in [0.1, 0.15) is 0 Å². The molecule has 0 saturated carbocycles. The van der Waals surface area contributed by atoms with Gasteiger partial charge < -0.3 is 9.67 Å². The molecule has 2 heterocycles. The Morgan fingerprint density at radius 1 is 1.05 bits per heavy atom. The molecule has 0 fully saturated rings. The van der Waals surface area contributed by atoms with Gasteiger partial charge in [-0.25, -0.2) is 9.67 Å². The highest BCUT2D eigenvalue weighted by molar-refractivity contribution is 5.30. The second-order valence-corrected chi connectivity index (χ2v) is 4.28. The zero-order valence-corrected chi connectivity index (χ0v) is 10.3. The molecule has 0 aliphatic rings. The second-order valence-electron chi connectivity index (χ2n) is 4.28. The maximum absolute atomic E-state index is 8.97. The van der Waals surface area contributed by atoms with Crippen LogP contribution < -0.4 is 0 Å². The highest BCUT2D eigenvalue weighted by Gasteiger charge is 2.03. The van der Waals surface area contributed by atoms with Crippen molar-refractivity contribution in [2.45, 2.75) is 13.2 Å². The van der Waals surface area contributed by atoms with Crippen molar-refractivity contribution in [3.05, 3.63) is 66.5 Å². The summed E-state index contributed by atoms with van der Waals surface area (Å²) in [5.74, 6) is 0. The molecule has 0 atom stereocenters. The van der Waals surface area contributed by atoms with E-state index < -0.39 is 0 Å². The zero-order chi connectivity index (χ0) is 13.1. The van der Waals surface area contributed by atoms with Gasteiger partial charge in [0.05, 0.1) is 36.6 Å². The summed E-state index contributed by atoms with van der Waals surface area (Å²) in [4.78, 5) is 4.07. The van der Waals surface area contributed by atoms with Crippen LogP contribution in [0, 0.1) is 0 Å². The molecule has 0 aliphatic carbocycles. The largest absolute Gasteiger partial charge is 0.390 e. The van der Waals surface area contributed by atoms with Crippen molar-refractivity contribution in [2.75, 3.05) is 0 Å². The van der Waals surface area contributed by atoms with Gasteiger partial charge in [0.25, 0.3) is 0 Å². The predicted molar refractivity (Wildman–Crippen MR) is 70.8 cm³/mol. The van der Waals surface area contributed by atoms with Gasteiger partial charge in [0, 0.05) is 12.4 Å². The number of benzene rings is 1. The molecule has 0 aliphatic heterocycles. The maximum atomic E-state index is 8.97.